The number of nitrogens with zero attached hydrogens (tertiary/aromatic N) is 2. The topological polar surface area (TPSA) is 25.8 Å². The summed E-state index contributed by atoms with van der Waals surface area (Å²) in [5.41, 5.74) is 3.82. The molecule has 2 nitrogen and oxygen atoms in total. The van der Waals surface area contributed by atoms with E-state index in [0.717, 1.165) is 16.7 Å². The van der Waals surface area contributed by atoms with Crippen LogP contribution in [0, 0.1) is 6.92 Å². The van der Waals surface area contributed by atoms with Gasteiger partial charge in [-0.2, -0.15) is 0 Å². The van der Waals surface area contributed by atoms with E-state index in [-0.39, 0.29) is 0 Å². The van der Waals surface area contributed by atoms with Crippen molar-refractivity contribution in [3.63, 3.8) is 0 Å². The fourth-order valence-corrected chi connectivity index (χ4v) is 1.88. The van der Waals surface area contributed by atoms with Gasteiger partial charge in [0.1, 0.15) is 0 Å². The molecule has 1 aromatic carbocycles. The molecule has 0 unspecified atom stereocenters. The molecule has 1 heterocycles. The number of benzene rings is 1. The van der Waals surface area contributed by atoms with Crippen LogP contribution in [0.25, 0.3) is 11.0 Å². The molecule has 0 radical (unpaired) electrons. The Bertz CT molecular complexity index is 506. The molecule has 2 aromatic rings. The summed E-state index contributed by atoms with van der Waals surface area (Å²) >= 11 is 6.08. The first-order valence-corrected chi connectivity index (χ1v) is 5.39. The molecule has 0 atom stereocenters. The van der Waals surface area contributed by atoms with Gasteiger partial charge in [-0.05, 0) is 30.5 Å². The van der Waals surface area contributed by atoms with Gasteiger partial charge >= 0.3 is 0 Å². The molecule has 3 heteroatoms. The lowest BCUT2D eigenvalue weighted by Gasteiger charge is -2.08. The Balaban J connectivity index is 2.71. The number of aromatic nitrogens is 2. The third-order valence-electron chi connectivity index (χ3n) is 2.35. The summed E-state index contributed by atoms with van der Waals surface area (Å²) in [5, 5.41) is 0.517. The van der Waals surface area contributed by atoms with Crippen LogP contribution in [0.3, 0.4) is 0 Å². The van der Waals surface area contributed by atoms with Crippen LogP contribution in [0.4, 0.5) is 0 Å². The van der Waals surface area contributed by atoms with Gasteiger partial charge in [-0.25, -0.2) is 9.97 Å². The summed E-state index contributed by atoms with van der Waals surface area (Å²) in [6.07, 6.45) is 0. The monoisotopic (exact) mass is 220 g/mol. The van der Waals surface area contributed by atoms with E-state index in [4.69, 9.17) is 11.6 Å². The minimum atomic E-state index is 0.302. The van der Waals surface area contributed by atoms with Crippen LogP contribution in [-0.4, -0.2) is 9.97 Å². The third kappa shape index (κ3) is 1.95. The highest BCUT2D eigenvalue weighted by Crippen LogP contribution is 2.23. The number of fused-ring (bicyclic) bond motifs is 1. The Morgan fingerprint density at radius 1 is 1.13 bits per heavy atom. The van der Waals surface area contributed by atoms with Crippen molar-refractivity contribution in [2.24, 2.45) is 0 Å². The minimum Gasteiger partial charge on any atom is -0.248 e. The summed E-state index contributed by atoms with van der Waals surface area (Å²) in [5.74, 6) is 0.302. The molecule has 0 saturated carbocycles. The summed E-state index contributed by atoms with van der Waals surface area (Å²) in [6, 6.07) is 6.02. The van der Waals surface area contributed by atoms with E-state index in [2.05, 4.69) is 23.8 Å². The highest BCUT2D eigenvalue weighted by Gasteiger charge is 2.09. The van der Waals surface area contributed by atoms with Crippen LogP contribution in [-0.2, 0) is 0 Å². The van der Waals surface area contributed by atoms with E-state index >= 15 is 0 Å². The minimum absolute atomic E-state index is 0.302. The van der Waals surface area contributed by atoms with Gasteiger partial charge in [-0.3, -0.25) is 0 Å². The van der Waals surface area contributed by atoms with Crippen molar-refractivity contribution in [3.05, 3.63) is 34.6 Å². The predicted molar refractivity (Wildman–Crippen MR) is 63.4 cm³/mol. The largest absolute Gasteiger partial charge is 0.248 e. The first-order valence-electron chi connectivity index (χ1n) is 5.01. The van der Waals surface area contributed by atoms with E-state index in [9.17, 15) is 0 Å². The predicted octanol–water partition coefficient (Wildman–Crippen LogP) is 3.72. The van der Waals surface area contributed by atoms with E-state index in [1.165, 1.54) is 5.56 Å². The molecule has 0 bridgehead atoms. The maximum atomic E-state index is 6.08. The molecule has 0 aliphatic carbocycles. The lowest BCUT2D eigenvalue weighted by atomic mass is 10.1. The number of hydrogen-bond donors (Lipinski definition) is 0. The molecular weight excluding hydrogens is 208 g/mol. The van der Waals surface area contributed by atoms with Gasteiger partial charge in [0, 0.05) is 0 Å². The summed E-state index contributed by atoms with van der Waals surface area (Å²) < 4.78 is 0. The highest BCUT2D eigenvalue weighted by atomic mass is 35.5. The van der Waals surface area contributed by atoms with E-state index < -0.39 is 0 Å². The van der Waals surface area contributed by atoms with Crippen molar-refractivity contribution in [3.8, 4) is 0 Å². The van der Waals surface area contributed by atoms with Crippen LogP contribution in [0.1, 0.15) is 31.0 Å². The van der Waals surface area contributed by atoms with Gasteiger partial charge in [-0.15, -0.1) is 0 Å². The maximum Gasteiger partial charge on any atom is 0.151 e. The first kappa shape index (κ1) is 10.4. The number of rotatable bonds is 1. The summed E-state index contributed by atoms with van der Waals surface area (Å²) in [6.45, 7) is 6.16. The molecule has 0 fully saturated rings. The van der Waals surface area contributed by atoms with Crippen LogP contribution < -0.4 is 0 Å². The standard InChI is InChI=1S/C12H13ClN2/c1-7(2)11-12(13)15-10-6-8(3)4-5-9(10)14-11/h4-7H,1-3H3. The van der Waals surface area contributed by atoms with Gasteiger partial charge in [0.15, 0.2) is 5.15 Å². The molecule has 0 amide bonds. The Kier molecular flexibility index (Phi) is 2.61. The quantitative estimate of drug-likeness (QED) is 0.732. The van der Waals surface area contributed by atoms with Crippen LogP contribution in [0.5, 0.6) is 0 Å². The fourth-order valence-electron chi connectivity index (χ4n) is 1.52. The fraction of sp³-hybridized carbons (Fsp3) is 0.333. The molecule has 0 aliphatic heterocycles. The van der Waals surface area contributed by atoms with E-state index in [0.29, 0.717) is 11.1 Å². The molecular formula is C12H13ClN2. The van der Waals surface area contributed by atoms with Crippen molar-refractivity contribution in [1.82, 2.24) is 9.97 Å². The lowest BCUT2D eigenvalue weighted by Crippen LogP contribution is -1.97. The molecule has 0 aliphatic rings. The Morgan fingerprint density at radius 2 is 1.87 bits per heavy atom. The van der Waals surface area contributed by atoms with Crippen molar-refractivity contribution >= 4 is 22.6 Å². The Hall–Kier alpha value is -1.15. The van der Waals surface area contributed by atoms with Gasteiger partial charge in [0.2, 0.25) is 0 Å². The van der Waals surface area contributed by atoms with Crippen LogP contribution >= 0.6 is 11.6 Å². The molecule has 0 N–H and O–H groups in total. The molecule has 0 saturated heterocycles. The van der Waals surface area contributed by atoms with Gasteiger partial charge in [0.05, 0.1) is 16.7 Å². The van der Waals surface area contributed by atoms with Crippen LogP contribution in [0.2, 0.25) is 5.15 Å². The van der Waals surface area contributed by atoms with Crippen molar-refractivity contribution in [1.29, 1.82) is 0 Å². The van der Waals surface area contributed by atoms with Crippen molar-refractivity contribution < 1.29 is 0 Å². The van der Waals surface area contributed by atoms with Gasteiger partial charge < -0.3 is 0 Å². The first-order chi connectivity index (χ1) is 7.08. The lowest BCUT2D eigenvalue weighted by molar-refractivity contribution is 0.822. The smallest absolute Gasteiger partial charge is 0.151 e. The molecule has 2 rings (SSSR count). The third-order valence-corrected chi connectivity index (χ3v) is 2.63. The van der Waals surface area contributed by atoms with E-state index in [1.807, 2.05) is 25.1 Å². The van der Waals surface area contributed by atoms with Crippen molar-refractivity contribution in [2.45, 2.75) is 26.7 Å². The highest BCUT2D eigenvalue weighted by molar-refractivity contribution is 6.30. The summed E-state index contributed by atoms with van der Waals surface area (Å²) in [4.78, 5) is 8.88. The van der Waals surface area contributed by atoms with Gasteiger partial charge in [0.25, 0.3) is 0 Å². The Morgan fingerprint density at radius 3 is 2.53 bits per heavy atom. The van der Waals surface area contributed by atoms with Crippen LogP contribution in [0.15, 0.2) is 18.2 Å². The number of halogens is 1. The second kappa shape index (κ2) is 3.78. The SMILES string of the molecule is Cc1ccc2nc(C(C)C)c(Cl)nc2c1. The zero-order valence-electron chi connectivity index (χ0n) is 9.08. The second-order valence-corrected chi connectivity index (χ2v) is 4.40. The average Bonchev–Trinajstić information content (AvgIpc) is 2.15. The normalized spacial score (nSPS) is 11.3. The zero-order valence-corrected chi connectivity index (χ0v) is 9.84. The zero-order chi connectivity index (χ0) is 11.0. The molecule has 0 spiro atoms. The Labute approximate surface area is 94.3 Å². The number of aryl methyl sites for hydroxylation is 1. The molecule has 15 heavy (non-hydrogen) atoms. The average molecular weight is 221 g/mol. The summed E-state index contributed by atoms with van der Waals surface area (Å²) in [7, 11) is 0. The second-order valence-electron chi connectivity index (χ2n) is 4.05. The maximum absolute atomic E-state index is 6.08. The van der Waals surface area contributed by atoms with E-state index in [1.54, 1.807) is 0 Å². The van der Waals surface area contributed by atoms with Crippen molar-refractivity contribution in [2.75, 3.05) is 0 Å². The number of hydrogen-bond acceptors (Lipinski definition) is 2. The molecule has 78 valence electrons. The molecule has 1 aromatic heterocycles. The van der Waals surface area contributed by atoms with Gasteiger partial charge in [-0.1, -0.05) is 31.5 Å².